The maximum atomic E-state index is 4.38. The Morgan fingerprint density at radius 3 is 2.41 bits per heavy atom. The smallest absolute Gasteiger partial charge is 0.135 e. The first-order valence-electron chi connectivity index (χ1n) is 6.75. The third kappa shape index (κ3) is 2.51. The van der Waals surface area contributed by atoms with Crippen molar-refractivity contribution < 1.29 is 0 Å². The van der Waals surface area contributed by atoms with Crippen LogP contribution in [-0.2, 0) is 6.42 Å². The van der Waals surface area contributed by atoms with E-state index in [9.17, 15) is 0 Å². The number of aromatic nitrogens is 3. The molecule has 4 heteroatoms. The summed E-state index contributed by atoms with van der Waals surface area (Å²) in [5, 5.41) is 8.73. The van der Waals surface area contributed by atoms with E-state index in [2.05, 4.69) is 47.5 Å². The first-order valence-corrected chi connectivity index (χ1v) is 6.75. The summed E-state index contributed by atoms with van der Waals surface area (Å²) in [6.07, 6.45) is 3.43. The molecule has 0 saturated carbocycles. The molecule has 0 aliphatic carbocycles. The lowest BCUT2D eigenvalue weighted by Crippen LogP contribution is -2.32. The Balaban J connectivity index is 2.26. The molecule has 0 spiro atoms. The zero-order valence-electron chi connectivity index (χ0n) is 11.5. The zero-order chi connectivity index (χ0) is 12.4. The molecule has 0 unspecified atom stereocenters. The molecule has 0 radical (unpaired) electrons. The molecular weight excluding hydrogens is 212 g/mol. The molecule has 0 bridgehead atoms. The minimum absolute atomic E-state index is 0.461. The minimum atomic E-state index is 0.461. The van der Waals surface area contributed by atoms with Crippen molar-refractivity contribution in [2.24, 2.45) is 0 Å². The Hall–Kier alpha value is -0.900. The third-order valence-electron chi connectivity index (χ3n) is 3.68. The van der Waals surface area contributed by atoms with E-state index in [-0.39, 0.29) is 0 Å². The molecule has 0 N–H and O–H groups in total. The number of likely N-dealkylation sites (tertiary alicyclic amines) is 1. The van der Waals surface area contributed by atoms with Crippen LogP contribution < -0.4 is 0 Å². The molecule has 1 aromatic heterocycles. The van der Waals surface area contributed by atoms with Gasteiger partial charge in [-0.15, -0.1) is 10.2 Å². The summed E-state index contributed by atoms with van der Waals surface area (Å²) < 4.78 is 2.41. The first kappa shape index (κ1) is 12.6. The van der Waals surface area contributed by atoms with Crippen LogP contribution in [0.4, 0.5) is 0 Å². The quantitative estimate of drug-likeness (QED) is 0.807. The van der Waals surface area contributed by atoms with Crippen LogP contribution in [0.1, 0.15) is 57.2 Å². The normalized spacial score (nSPS) is 19.1. The van der Waals surface area contributed by atoms with Gasteiger partial charge in [0.1, 0.15) is 11.6 Å². The average Bonchev–Trinajstić information content (AvgIpc) is 2.73. The molecule has 1 aliphatic rings. The van der Waals surface area contributed by atoms with Crippen molar-refractivity contribution in [1.82, 2.24) is 19.7 Å². The maximum absolute atomic E-state index is 4.38. The van der Waals surface area contributed by atoms with Gasteiger partial charge in [-0.25, -0.2) is 0 Å². The second kappa shape index (κ2) is 5.17. The number of aryl methyl sites for hydroxylation is 1. The summed E-state index contributed by atoms with van der Waals surface area (Å²) in [5.41, 5.74) is 0. The number of nitrogens with zero attached hydrogens (tertiary/aromatic N) is 4. The van der Waals surface area contributed by atoms with E-state index in [1.165, 1.54) is 25.9 Å². The van der Waals surface area contributed by atoms with Gasteiger partial charge in [0.25, 0.3) is 0 Å². The van der Waals surface area contributed by atoms with E-state index in [0.717, 1.165) is 18.1 Å². The summed E-state index contributed by atoms with van der Waals surface area (Å²) in [7, 11) is 2.20. The topological polar surface area (TPSA) is 34.0 Å². The Bertz CT molecular complexity index is 361. The van der Waals surface area contributed by atoms with Crippen molar-refractivity contribution in [1.29, 1.82) is 0 Å². The number of piperidine rings is 1. The molecule has 0 atom stereocenters. The van der Waals surface area contributed by atoms with Gasteiger partial charge in [-0.1, -0.05) is 20.8 Å². The monoisotopic (exact) mass is 236 g/mol. The molecule has 1 fully saturated rings. The lowest BCUT2D eigenvalue weighted by atomic mass is 10.0. The van der Waals surface area contributed by atoms with E-state index >= 15 is 0 Å². The lowest BCUT2D eigenvalue weighted by Gasteiger charge is -2.31. The largest absolute Gasteiger partial charge is 0.312 e. The highest BCUT2D eigenvalue weighted by Gasteiger charge is 2.24. The summed E-state index contributed by atoms with van der Waals surface area (Å²) in [6.45, 7) is 8.94. The molecule has 17 heavy (non-hydrogen) atoms. The molecule has 1 saturated heterocycles. The number of hydrogen-bond donors (Lipinski definition) is 0. The van der Waals surface area contributed by atoms with Gasteiger partial charge in [-0.05, 0) is 33.0 Å². The summed E-state index contributed by atoms with van der Waals surface area (Å²) in [4.78, 5) is 2.40. The van der Waals surface area contributed by atoms with Crippen LogP contribution in [0, 0.1) is 0 Å². The Labute approximate surface area is 104 Å². The lowest BCUT2D eigenvalue weighted by molar-refractivity contribution is 0.215. The van der Waals surface area contributed by atoms with Crippen molar-refractivity contribution in [3.8, 4) is 0 Å². The highest BCUT2D eigenvalue weighted by Crippen LogP contribution is 2.27. The number of rotatable bonds is 3. The molecule has 1 aliphatic heterocycles. The van der Waals surface area contributed by atoms with Crippen LogP contribution in [0.15, 0.2) is 0 Å². The van der Waals surface area contributed by atoms with E-state index in [4.69, 9.17) is 0 Å². The van der Waals surface area contributed by atoms with E-state index < -0.39 is 0 Å². The fourth-order valence-corrected chi connectivity index (χ4v) is 2.62. The van der Waals surface area contributed by atoms with Gasteiger partial charge in [-0.3, -0.25) is 0 Å². The predicted molar refractivity (Wildman–Crippen MR) is 69.3 cm³/mol. The van der Waals surface area contributed by atoms with Crippen LogP contribution >= 0.6 is 0 Å². The summed E-state index contributed by atoms with van der Waals surface area (Å²) in [6, 6.07) is 0.605. The SMILES string of the molecule is CCc1nnc(C(C)C)n1C1CCN(C)CC1. The van der Waals surface area contributed by atoms with E-state index in [1.54, 1.807) is 0 Å². The molecule has 96 valence electrons. The van der Waals surface area contributed by atoms with Crippen LogP contribution in [0.2, 0.25) is 0 Å². The van der Waals surface area contributed by atoms with Gasteiger partial charge in [0.2, 0.25) is 0 Å². The van der Waals surface area contributed by atoms with E-state index in [0.29, 0.717) is 12.0 Å². The van der Waals surface area contributed by atoms with Crippen LogP contribution in [0.5, 0.6) is 0 Å². The molecule has 4 nitrogen and oxygen atoms in total. The average molecular weight is 236 g/mol. The van der Waals surface area contributed by atoms with E-state index in [1.807, 2.05) is 0 Å². The summed E-state index contributed by atoms with van der Waals surface area (Å²) >= 11 is 0. The van der Waals surface area contributed by atoms with Gasteiger partial charge in [-0.2, -0.15) is 0 Å². The van der Waals surface area contributed by atoms with Crippen molar-refractivity contribution in [2.75, 3.05) is 20.1 Å². The number of hydrogen-bond acceptors (Lipinski definition) is 3. The first-order chi connectivity index (χ1) is 8.13. The third-order valence-corrected chi connectivity index (χ3v) is 3.68. The fraction of sp³-hybridized carbons (Fsp3) is 0.846. The second-order valence-corrected chi connectivity index (χ2v) is 5.39. The molecule has 0 aromatic carbocycles. The minimum Gasteiger partial charge on any atom is -0.312 e. The Morgan fingerprint density at radius 1 is 1.24 bits per heavy atom. The van der Waals surface area contributed by atoms with Gasteiger partial charge in [0.05, 0.1) is 0 Å². The van der Waals surface area contributed by atoms with Gasteiger partial charge in [0.15, 0.2) is 0 Å². The molecule has 0 amide bonds. The molecule has 1 aromatic rings. The zero-order valence-corrected chi connectivity index (χ0v) is 11.5. The van der Waals surface area contributed by atoms with Gasteiger partial charge in [0, 0.05) is 18.4 Å². The predicted octanol–water partition coefficient (Wildman–Crippen LogP) is 2.23. The fourth-order valence-electron chi connectivity index (χ4n) is 2.62. The van der Waals surface area contributed by atoms with Crippen molar-refractivity contribution in [2.45, 2.75) is 52.0 Å². The molecule has 2 rings (SSSR count). The van der Waals surface area contributed by atoms with Crippen molar-refractivity contribution in [3.05, 3.63) is 11.6 Å². The molecular formula is C13H24N4. The van der Waals surface area contributed by atoms with Crippen LogP contribution in [0.3, 0.4) is 0 Å². The maximum Gasteiger partial charge on any atom is 0.135 e. The molecule has 2 heterocycles. The Morgan fingerprint density at radius 2 is 1.88 bits per heavy atom. The van der Waals surface area contributed by atoms with Crippen molar-refractivity contribution >= 4 is 0 Å². The van der Waals surface area contributed by atoms with Gasteiger partial charge < -0.3 is 9.47 Å². The van der Waals surface area contributed by atoms with Crippen LogP contribution in [0.25, 0.3) is 0 Å². The van der Waals surface area contributed by atoms with Crippen LogP contribution in [-0.4, -0.2) is 39.8 Å². The standard InChI is InChI=1S/C13H24N4/c1-5-12-14-15-13(10(2)3)17(12)11-6-8-16(4)9-7-11/h10-11H,5-9H2,1-4H3. The Kier molecular flexibility index (Phi) is 3.82. The summed E-state index contributed by atoms with van der Waals surface area (Å²) in [5.74, 6) is 2.78. The van der Waals surface area contributed by atoms with Gasteiger partial charge >= 0.3 is 0 Å². The second-order valence-electron chi connectivity index (χ2n) is 5.39. The highest BCUT2D eigenvalue weighted by atomic mass is 15.3. The highest BCUT2D eigenvalue weighted by molar-refractivity contribution is 5.03. The van der Waals surface area contributed by atoms with Crippen molar-refractivity contribution in [3.63, 3.8) is 0 Å².